The lowest BCUT2D eigenvalue weighted by molar-refractivity contribution is -0.101. The summed E-state index contributed by atoms with van der Waals surface area (Å²) in [5.74, 6) is 0. The highest BCUT2D eigenvalue weighted by Gasteiger charge is 2.64. The topological polar surface area (TPSA) is 40.2 Å². The van der Waals surface area contributed by atoms with Gasteiger partial charge in [-0.05, 0) is 41.8 Å². The molecule has 1 saturated heterocycles. The van der Waals surface area contributed by atoms with E-state index in [4.69, 9.17) is 18.3 Å². The molecule has 0 amide bonds. The van der Waals surface area contributed by atoms with Crippen LogP contribution in [0.1, 0.15) is 59.9 Å². The summed E-state index contributed by atoms with van der Waals surface area (Å²) in [5, 5.41) is 0.299. The maximum atomic E-state index is 7.00. The second-order valence-electron chi connectivity index (χ2n) is 12.9. The minimum atomic E-state index is -1.96. The molecule has 3 rings (SSSR count). The number of rotatable bonds is 7. The zero-order chi connectivity index (χ0) is 24.0. The van der Waals surface area contributed by atoms with E-state index < -0.39 is 16.6 Å². The van der Waals surface area contributed by atoms with Crippen LogP contribution in [0.3, 0.4) is 0 Å². The molecule has 1 aliphatic carbocycles. The highest BCUT2D eigenvalue weighted by molar-refractivity contribution is 6.74. The lowest BCUT2D eigenvalue weighted by atomic mass is 9.82. The molecule has 1 spiro atoms. The Balaban J connectivity index is 1.83. The molecule has 1 heterocycles. The molecule has 4 nitrogen and oxygen atoms in total. The molecule has 0 N–H and O–H groups in total. The highest BCUT2D eigenvalue weighted by Crippen LogP contribution is 2.51. The third-order valence-corrected chi connectivity index (χ3v) is 17.3. The van der Waals surface area contributed by atoms with Gasteiger partial charge in [0.05, 0.1) is 31.5 Å². The molecule has 1 aromatic rings. The first-order chi connectivity index (χ1) is 14.6. The standard InChI is InChI=1S/C26H46O4Si2/c1-24(2,3)31(7,8)29-22-16-21(27-18-20-14-12-11-13-15-20)17-23(26(22)19-28-26)30-32(9,10)25(4,5)6/h11-15,21-23H,16-19H2,1-10H3. The fourth-order valence-corrected chi connectivity index (χ4v) is 6.64. The molecule has 0 bridgehead atoms. The number of hydrogen-bond acceptors (Lipinski definition) is 4. The molecule has 1 aromatic carbocycles. The summed E-state index contributed by atoms with van der Waals surface area (Å²) in [5.41, 5.74) is 0.900. The van der Waals surface area contributed by atoms with Crippen LogP contribution in [0.4, 0.5) is 0 Å². The third kappa shape index (κ3) is 5.58. The smallest absolute Gasteiger partial charge is 0.192 e. The molecule has 1 aliphatic heterocycles. The zero-order valence-electron chi connectivity index (χ0n) is 22.1. The molecule has 6 heteroatoms. The van der Waals surface area contributed by atoms with E-state index in [0.717, 1.165) is 19.4 Å². The Kier molecular flexibility index (Phi) is 7.29. The van der Waals surface area contributed by atoms with Crippen LogP contribution in [0, 0.1) is 0 Å². The number of hydrogen-bond donors (Lipinski definition) is 0. The summed E-state index contributed by atoms with van der Waals surface area (Å²) in [6.45, 7) is 24.5. The Morgan fingerprint density at radius 3 is 1.66 bits per heavy atom. The van der Waals surface area contributed by atoms with E-state index in [1.54, 1.807) is 0 Å². The first kappa shape index (κ1) is 26.1. The molecular formula is C26H46O4Si2. The lowest BCUT2D eigenvalue weighted by Crippen LogP contribution is -2.59. The fourth-order valence-electron chi connectivity index (χ4n) is 3.92. The van der Waals surface area contributed by atoms with Crippen molar-refractivity contribution in [1.82, 2.24) is 0 Å². The third-order valence-electron chi connectivity index (χ3n) is 8.34. The van der Waals surface area contributed by atoms with Crippen molar-refractivity contribution >= 4 is 16.6 Å². The lowest BCUT2D eigenvalue weighted by Gasteiger charge is -2.49. The van der Waals surface area contributed by atoms with Gasteiger partial charge in [-0.1, -0.05) is 71.9 Å². The van der Waals surface area contributed by atoms with Crippen molar-refractivity contribution in [1.29, 1.82) is 0 Å². The highest BCUT2D eigenvalue weighted by atomic mass is 28.4. The van der Waals surface area contributed by atoms with Crippen molar-refractivity contribution in [3.63, 3.8) is 0 Å². The molecule has 0 radical (unpaired) electrons. The van der Waals surface area contributed by atoms with Gasteiger partial charge in [-0.15, -0.1) is 0 Å². The normalized spacial score (nSPS) is 29.4. The monoisotopic (exact) mass is 478 g/mol. The summed E-state index contributed by atoms with van der Waals surface area (Å²) >= 11 is 0. The van der Waals surface area contributed by atoms with E-state index in [-0.39, 0.29) is 34.0 Å². The Morgan fingerprint density at radius 1 is 0.844 bits per heavy atom. The second kappa shape index (κ2) is 8.93. The first-order valence-electron chi connectivity index (χ1n) is 12.2. The van der Waals surface area contributed by atoms with Gasteiger partial charge < -0.3 is 18.3 Å². The van der Waals surface area contributed by atoms with Crippen molar-refractivity contribution in [2.75, 3.05) is 6.61 Å². The van der Waals surface area contributed by atoms with Crippen LogP contribution in [0.5, 0.6) is 0 Å². The van der Waals surface area contributed by atoms with Gasteiger partial charge in [0.2, 0.25) is 0 Å². The Labute approximate surface area is 198 Å². The quantitative estimate of drug-likeness (QED) is 0.315. The summed E-state index contributed by atoms with van der Waals surface area (Å²) in [6.07, 6.45) is 1.89. The summed E-state index contributed by atoms with van der Waals surface area (Å²) in [4.78, 5) is 0. The Morgan fingerprint density at radius 2 is 1.28 bits per heavy atom. The van der Waals surface area contributed by atoms with Gasteiger partial charge in [0, 0.05) is 12.8 Å². The van der Waals surface area contributed by atoms with Gasteiger partial charge >= 0.3 is 0 Å². The molecule has 2 fully saturated rings. The van der Waals surface area contributed by atoms with Crippen molar-refractivity contribution in [3.05, 3.63) is 35.9 Å². The van der Waals surface area contributed by atoms with Crippen LogP contribution in [-0.2, 0) is 24.9 Å². The predicted octanol–water partition coefficient (Wildman–Crippen LogP) is 6.92. The summed E-state index contributed by atoms with van der Waals surface area (Å²) < 4.78 is 26.7. The van der Waals surface area contributed by atoms with E-state index in [0.29, 0.717) is 6.61 Å². The fraction of sp³-hybridized carbons (Fsp3) is 0.769. The molecule has 182 valence electrons. The van der Waals surface area contributed by atoms with Gasteiger partial charge in [-0.2, -0.15) is 0 Å². The molecule has 32 heavy (non-hydrogen) atoms. The Bertz CT molecular complexity index is 720. The maximum Gasteiger partial charge on any atom is 0.192 e. The largest absolute Gasteiger partial charge is 0.411 e. The van der Waals surface area contributed by atoms with Crippen LogP contribution >= 0.6 is 0 Å². The maximum absolute atomic E-state index is 7.00. The van der Waals surface area contributed by atoms with Crippen LogP contribution in [0.15, 0.2) is 30.3 Å². The van der Waals surface area contributed by atoms with Crippen molar-refractivity contribution in [2.45, 2.75) is 121 Å². The van der Waals surface area contributed by atoms with Crippen molar-refractivity contribution in [3.8, 4) is 0 Å². The van der Waals surface area contributed by atoms with Crippen LogP contribution in [0.2, 0.25) is 36.3 Å². The predicted molar refractivity (Wildman–Crippen MR) is 137 cm³/mol. The summed E-state index contributed by atoms with van der Waals surface area (Å²) in [7, 11) is -3.92. The van der Waals surface area contributed by atoms with E-state index in [9.17, 15) is 0 Å². The van der Waals surface area contributed by atoms with Gasteiger partial charge in [0.15, 0.2) is 16.6 Å². The number of epoxide rings is 1. The zero-order valence-corrected chi connectivity index (χ0v) is 24.1. The minimum absolute atomic E-state index is 0.0210. The summed E-state index contributed by atoms with van der Waals surface area (Å²) in [6, 6.07) is 10.4. The van der Waals surface area contributed by atoms with Crippen molar-refractivity contribution in [2.24, 2.45) is 0 Å². The molecule has 2 aliphatic rings. The average Bonchev–Trinajstić information content (AvgIpc) is 3.44. The van der Waals surface area contributed by atoms with Gasteiger partial charge in [-0.25, -0.2) is 0 Å². The van der Waals surface area contributed by atoms with Gasteiger partial charge in [-0.3, -0.25) is 0 Å². The first-order valence-corrected chi connectivity index (χ1v) is 18.0. The van der Waals surface area contributed by atoms with Crippen LogP contribution < -0.4 is 0 Å². The Hall–Kier alpha value is -0.506. The molecule has 2 unspecified atom stereocenters. The van der Waals surface area contributed by atoms with Crippen molar-refractivity contribution < 1.29 is 18.3 Å². The van der Waals surface area contributed by atoms with Crippen LogP contribution in [0.25, 0.3) is 0 Å². The van der Waals surface area contributed by atoms with E-state index in [1.165, 1.54) is 5.56 Å². The second-order valence-corrected chi connectivity index (χ2v) is 22.4. The van der Waals surface area contributed by atoms with Gasteiger partial charge in [0.25, 0.3) is 0 Å². The number of ether oxygens (including phenoxy) is 2. The van der Waals surface area contributed by atoms with E-state index in [1.807, 2.05) is 6.07 Å². The molecular weight excluding hydrogens is 432 g/mol. The number of benzene rings is 1. The SMILES string of the molecule is CC(C)(C)[Si](C)(C)OC1CC(OCc2ccccc2)CC(O[Si](C)(C)C(C)(C)C)C12CO2. The van der Waals surface area contributed by atoms with E-state index in [2.05, 4.69) is 92.0 Å². The van der Waals surface area contributed by atoms with Crippen LogP contribution in [-0.4, -0.2) is 47.2 Å². The molecule has 2 atom stereocenters. The minimum Gasteiger partial charge on any atom is -0.411 e. The van der Waals surface area contributed by atoms with E-state index >= 15 is 0 Å². The molecule has 0 aromatic heterocycles. The van der Waals surface area contributed by atoms with Gasteiger partial charge in [0.1, 0.15) is 5.60 Å². The molecule has 1 saturated carbocycles. The average molecular weight is 479 g/mol.